The van der Waals surface area contributed by atoms with Gasteiger partial charge in [0.1, 0.15) is 4.47 Å². The Kier molecular flexibility index (Phi) is 5.59. The quantitative estimate of drug-likeness (QED) is 0.433. The van der Waals surface area contributed by atoms with Crippen molar-refractivity contribution in [2.75, 3.05) is 13.2 Å². The van der Waals surface area contributed by atoms with Crippen LogP contribution in [-0.2, 0) is 4.74 Å². The molecule has 1 aromatic carbocycles. The van der Waals surface area contributed by atoms with Crippen molar-refractivity contribution in [3.05, 3.63) is 36.3 Å². The molecule has 10 heteroatoms. The molecule has 0 amide bonds. The number of nitro benzene ring substituents is 2. The smallest absolute Gasteiger partial charge is 0.352 e. The number of halogens is 1. The minimum absolute atomic E-state index is 0.0797. The summed E-state index contributed by atoms with van der Waals surface area (Å²) in [5.74, 6) is -1.40. The zero-order valence-corrected chi connectivity index (χ0v) is 12.7. The molecule has 0 fully saturated rings. The summed E-state index contributed by atoms with van der Waals surface area (Å²) < 4.78 is 9.65. The highest BCUT2D eigenvalue weighted by molar-refractivity contribution is 9.10. The van der Waals surface area contributed by atoms with Gasteiger partial charge in [-0.05, 0) is 29.8 Å². The van der Waals surface area contributed by atoms with E-state index in [4.69, 9.17) is 4.74 Å². The average Bonchev–Trinajstić information content (AvgIpc) is 2.37. The molecule has 0 N–H and O–H groups in total. The Labute approximate surface area is 127 Å². The van der Waals surface area contributed by atoms with Gasteiger partial charge in [0.05, 0.1) is 23.1 Å². The SMILES string of the molecule is CCOC(=O)c1c([N+](=O)[O-])c(Br)cc(OCC)c1[N+](=O)[O-]. The van der Waals surface area contributed by atoms with Crippen LogP contribution in [0.15, 0.2) is 10.5 Å². The molecule has 114 valence electrons. The van der Waals surface area contributed by atoms with Gasteiger partial charge in [0.25, 0.3) is 0 Å². The summed E-state index contributed by atoms with van der Waals surface area (Å²) in [4.78, 5) is 32.4. The number of hydrogen-bond acceptors (Lipinski definition) is 7. The number of esters is 1. The molecule has 0 aliphatic rings. The number of hydrogen-bond donors (Lipinski definition) is 0. The summed E-state index contributed by atoms with van der Waals surface area (Å²) in [7, 11) is 0. The molecular weight excluding hydrogens is 352 g/mol. The van der Waals surface area contributed by atoms with Gasteiger partial charge in [-0.1, -0.05) is 0 Å². The molecule has 0 saturated carbocycles. The van der Waals surface area contributed by atoms with E-state index in [1.165, 1.54) is 6.92 Å². The van der Waals surface area contributed by atoms with Gasteiger partial charge >= 0.3 is 17.3 Å². The summed E-state index contributed by atoms with van der Waals surface area (Å²) in [5.41, 5.74) is -2.27. The first-order valence-corrected chi connectivity index (χ1v) is 6.59. The van der Waals surface area contributed by atoms with Crippen LogP contribution in [0.1, 0.15) is 24.2 Å². The van der Waals surface area contributed by atoms with Crippen LogP contribution in [0.3, 0.4) is 0 Å². The third kappa shape index (κ3) is 3.45. The summed E-state index contributed by atoms with van der Waals surface area (Å²) in [6.45, 7) is 3.08. The molecule has 0 radical (unpaired) electrons. The van der Waals surface area contributed by atoms with Crippen LogP contribution >= 0.6 is 15.9 Å². The molecule has 0 saturated heterocycles. The maximum Gasteiger partial charge on any atom is 0.352 e. The minimum Gasteiger partial charge on any atom is -0.487 e. The van der Waals surface area contributed by atoms with Crippen LogP contribution in [0.2, 0.25) is 0 Å². The molecule has 1 rings (SSSR count). The van der Waals surface area contributed by atoms with Crippen LogP contribution in [0.5, 0.6) is 5.75 Å². The second-order valence-corrected chi connectivity index (χ2v) is 4.45. The van der Waals surface area contributed by atoms with E-state index < -0.39 is 32.8 Å². The lowest BCUT2D eigenvalue weighted by Crippen LogP contribution is -2.13. The monoisotopic (exact) mass is 362 g/mol. The van der Waals surface area contributed by atoms with Gasteiger partial charge in [0, 0.05) is 6.07 Å². The summed E-state index contributed by atoms with van der Waals surface area (Å²) in [6, 6.07) is 1.09. The molecular formula is C11H11BrN2O7. The molecule has 0 unspecified atom stereocenters. The maximum absolute atomic E-state index is 11.9. The lowest BCUT2D eigenvalue weighted by atomic mass is 10.1. The molecule has 0 aliphatic carbocycles. The second-order valence-electron chi connectivity index (χ2n) is 3.60. The standard InChI is InChI=1S/C11H11BrN2O7/c1-3-20-7-5-6(12)9(13(16)17)8(10(7)14(18)19)11(15)21-4-2/h5H,3-4H2,1-2H3. The fourth-order valence-electron chi connectivity index (χ4n) is 1.63. The van der Waals surface area contributed by atoms with Crippen molar-refractivity contribution in [2.24, 2.45) is 0 Å². The number of benzene rings is 1. The fourth-order valence-corrected chi connectivity index (χ4v) is 2.18. The predicted octanol–water partition coefficient (Wildman–Crippen LogP) is 2.84. The van der Waals surface area contributed by atoms with Crippen molar-refractivity contribution in [1.29, 1.82) is 0 Å². The van der Waals surface area contributed by atoms with Gasteiger partial charge in [0.2, 0.25) is 5.56 Å². The summed E-state index contributed by atoms with van der Waals surface area (Å²) in [6.07, 6.45) is 0. The largest absolute Gasteiger partial charge is 0.487 e. The van der Waals surface area contributed by atoms with E-state index in [1.54, 1.807) is 6.92 Å². The Morgan fingerprint density at radius 2 is 1.76 bits per heavy atom. The Hall–Kier alpha value is -2.23. The van der Waals surface area contributed by atoms with Gasteiger partial charge in [-0.2, -0.15) is 0 Å². The third-order valence-corrected chi connectivity index (χ3v) is 2.94. The molecule has 9 nitrogen and oxygen atoms in total. The lowest BCUT2D eigenvalue weighted by molar-refractivity contribution is -0.395. The molecule has 0 aliphatic heterocycles. The summed E-state index contributed by atoms with van der Waals surface area (Å²) in [5, 5.41) is 22.3. The van der Waals surface area contributed by atoms with Crippen molar-refractivity contribution in [1.82, 2.24) is 0 Å². The molecule has 21 heavy (non-hydrogen) atoms. The third-order valence-electron chi connectivity index (χ3n) is 2.34. The van der Waals surface area contributed by atoms with Crippen molar-refractivity contribution >= 4 is 33.3 Å². The first kappa shape index (κ1) is 16.8. The first-order valence-electron chi connectivity index (χ1n) is 5.80. The number of carbonyl (C=O) groups is 1. The van der Waals surface area contributed by atoms with Crippen molar-refractivity contribution in [3.63, 3.8) is 0 Å². The molecule has 0 atom stereocenters. The second kappa shape index (κ2) is 6.97. The Balaban J connectivity index is 3.76. The average molecular weight is 363 g/mol. The van der Waals surface area contributed by atoms with Gasteiger partial charge in [-0.15, -0.1) is 0 Å². The van der Waals surface area contributed by atoms with Crippen LogP contribution < -0.4 is 4.74 Å². The fraction of sp³-hybridized carbons (Fsp3) is 0.364. The number of nitro groups is 2. The first-order chi connectivity index (χ1) is 9.84. The molecule has 0 heterocycles. The van der Waals surface area contributed by atoms with E-state index in [2.05, 4.69) is 20.7 Å². The molecule has 1 aromatic rings. The van der Waals surface area contributed by atoms with Crippen LogP contribution in [0, 0.1) is 20.2 Å². The zero-order chi connectivity index (χ0) is 16.2. The Morgan fingerprint density at radius 3 is 2.19 bits per heavy atom. The minimum atomic E-state index is -1.15. The highest BCUT2D eigenvalue weighted by atomic mass is 79.9. The van der Waals surface area contributed by atoms with Crippen LogP contribution in [0.25, 0.3) is 0 Å². The highest BCUT2D eigenvalue weighted by Gasteiger charge is 2.38. The normalized spacial score (nSPS) is 10.0. The number of ether oxygens (including phenoxy) is 2. The van der Waals surface area contributed by atoms with Gasteiger partial charge in [-0.3, -0.25) is 20.2 Å². The van der Waals surface area contributed by atoms with E-state index in [-0.39, 0.29) is 23.4 Å². The van der Waals surface area contributed by atoms with Crippen molar-refractivity contribution in [3.8, 4) is 5.75 Å². The van der Waals surface area contributed by atoms with Crippen molar-refractivity contribution < 1.29 is 24.1 Å². The number of nitrogens with zero attached hydrogens (tertiary/aromatic N) is 2. The van der Waals surface area contributed by atoms with Crippen molar-refractivity contribution in [2.45, 2.75) is 13.8 Å². The van der Waals surface area contributed by atoms with E-state index in [0.29, 0.717) is 0 Å². The van der Waals surface area contributed by atoms with Gasteiger partial charge < -0.3 is 9.47 Å². The maximum atomic E-state index is 11.9. The van der Waals surface area contributed by atoms with Crippen LogP contribution in [0.4, 0.5) is 11.4 Å². The van der Waals surface area contributed by atoms with Gasteiger partial charge in [-0.25, -0.2) is 4.79 Å². The topological polar surface area (TPSA) is 122 Å². The summed E-state index contributed by atoms with van der Waals surface area (Å²) >= 11 is 2.92. The molecule has 0 spiro atoms. The highest BCUT2D eigenvalue weighted by Crippen LogP contribution is 2.42. The van der Waals surface area contributed by atoms with Gasteiger partial charge in [0.15, 0.2) is 5.75 Å². The van der Waals surface area contributed by atoms with E-state index in [9.17, 15) is 25.0 Å². The van der Waals surface area contributed by atoms with E-state index in [0.717, 1.165) is 6.07 Å². The number of rotatable bonds is 6. The Morgan fingerprint density at radius 1 is 1.19 bits per heavy atom. The Bertz CT molecular complexity index is 603. The van der Waals surface area contributed by atoms with E-state index >= 15 is 0 Å². The lowest BCUT2D eigenvalue weighted by Gasteiger charge is -2.10. The molecule has 0 bridgehead atoms. The predicted molar refractivity (Wildman–Crippen MR) is 74.6 cm³/mol. The van der Waals surface area contributed by atoms with E-state index in [1.807, 2.05) is 0 Å². The van der Waals surface area contributed by atoms with Crippen LogP contribution in [-0.4, -0.2) is 29.0 Å². The number of carbonyl (C=O) groups excluding carboxylic acids is 1. The zero-order valence-electron chi connectivity index (χ0n) is 11.1. The molecule has 0 aromatic heterocycles.